The number of carbonyl (C=O) groups is 3. The van der Waals surface area contributed by atoms with Crippen LogP contribution in [0.1, 0.15) is 67.9 Å². The molecule has 0 spiro atoms. The number of rotatable bonds is 5. The summed E-state index contributed by atoms with van der Waals surface area (Å²) in [4.78, 5) is 54.0. The number of esters is 1. The van der Waals surface area contributed by atoms with E-state index in [9.17, 15) is 24.5 Å². The third-order valence-electron chi connectivity index (χ3n) is 4.55. The van der Waals surface area contributed by atoms with E-state index in [2.05, 4.69) is 4.98 Å². The van der Waals surface area contributed by atoms with E-state index in [0.717, 1.165) is 0 Å². The standard InChI is InChI=1S/C25H35N3O8/c1-23(2,3)34-20(29)19(12-15-14-26-18-13-16(28(32)33)10-11-17(15)18)27(21(30)35-24(4,5)6)22(31)36-25(7,8)9/h10-11,13-14,19,26H,12H2,1-9H3/t19-/m0/s1. The van der Waals surface area contributed by atoms with Crippen LogP contribution in [0, 0.1) is 10.1 Å². The van der Waals surface area contributed by atoms with Crippen molar-refractivity contribution in [2.45, 2.75) is 91.6 Å². The number of nitro groups is 1. The van der Waals surface area contributed by atoms with E-state index in [-0.39, 0.29) is 12.1 Å². The van der Waals surface area contributed by atoms with Gasteiger partial charge in [-0.2, -0.15) is 4.90 Å². The summed E-state index contributed by atoms with van der Waals surface area (Å²) < 4.78 is 16.4. The Hall–Kier alpha value is -3.63. The quantitative estimate of drug-likeness (QED) is 0.243. The molecule has 1 N–H and O–H groups in total. The fourth-order valence-electron chi connectivity index (χ4n) is 3.27. The molecule has 2 amide bonds. The molecule has 0 bridgehead atoms. The van der Waals surface area contributed by atoms with E-state index in [1.54, 1.807) is 68.5 Å². The molecule has 198 valence electrons. The number of amides is 2. The minimum atomic E-state index is -1.44. The first-order valence-corrected chi connectivity index (χ1v) is 11.5. The molecule has 0 saturated carbocycles. The summed E-state index contributed by atoms with van der Waals surface area (Å²) in [5.41, 5.74) is -1.95. The van der Waals surface area contributed by atoms with Crippen LogP contribution in [0.4, 0.5) is 15.3 Å². The lowest BCUT2D eigenvalue weighted by Gasteiger charge is -2.33. The highest BCUT2D eigenvalue weighted by Gasteiger charge is 2.42. The maximum Gasteiger partial charge on any atom is 0.420 e. The van der Waals surface area contributed by atoms with Crippen molar-refractivity contribution in [2.24, 2.45) is 0 Å². The number of nitro benzene ring substituents is 1. The second kappa shape index (κ2) is 10.2. The first kappa shape index (κ1) is 28.6. The van der Waals surface area contributed by atoms with Crippen molar-refractivity contribution in [1.29, 1.82) is 0 Å². The van der Waals surface area contributed by atoms with Gasteiger partial charge >= 0.3 is 18.2 Å². The average Bonchev–Trinajstić information content (AvgIpc) is 3.05. The zero-order valence-corrected chi connectivity index (χ0v) is 22.3. The molecule has 11 nitrogen and oxygen atoms in total. The molecule has 2 aromatic rings. The van der Waals surface area contributed by atoms with Gasteiger partial charge < -0.3 is 19.2 Å². The lowest BCUT2D eigenvalue weighted by atomic mass is 10.0. The summed E-state index contributed by atoms with van der Waals surface area (Å²) in [7, 11) is 0. The number of nitrogens with one attached hydrogen (secondary N) is 1. The zero-order valence-electron chi connectivity index (χ0n) is 22.3. The summed E-state index contributed by atoms with van der Waals surface area (Å²) in [6.45, 7) is 14.8. The van der Waals surface area contributed by atoms with E-state index in [1.165, 1.54) is 18.2 Å². The van der Waals surface area contributed by atoms with Crippen molar-refractivity contribution in [3.8, 4) is 0 Å². The number of aromatic nitrogens is 1. The molecule has 36 heavy (non-hydrogen) atoms. The van der Waals surface area contributed by atoms with Gasteiger partial charge in [0.25, 0.3) is 5.69 Å². The number of nitrogens with zero attached hydrogens (tertiary/aromatic N) is 2. The Morgan fingerprint density at radius 2 is 1.42 bits per heavy atom. The SMILES string of the molecule is CC(C)(C)OC(=O)[C@H](Cc1c[nH]c2cc([N+](=O)[O-])ccc12)N(C(=O)OC(C)(C)C)C(=O)OC(C)(C)C. The maximum absolute atomic E-state index is 13.4. The van der Waals surface area contributed by atoms with Crippen LogP contribution in [0.2, 0.25) is 0 Å². The molecule has 0 aliphatic carbocycles. The van der Waals surface area contributed by atoms with E-state index in [4.69, 9.17) is 14.2 Å². The monoisotopic (exact) mass is 505 g/mol. The number of fused-ring (bicyclic) bond motifs is 1. The number of benzene rings is 1. The number of imide groups is 1. The molecular formula is C25H35N3O8. The maximum atomic E-state index is 13.4. The Labute approximate surface area is 210 Å². The predicted octanol–water partition coefficient (Wildman–Crippen LogP) is 5.50. The third-order valence-corrected chi connectivity index (χ3v) is 4.55. The Balaban J connectivity index is 2.60. The van der Waals surface area contributed by atoms with Crippen molar-refractivity contribution >= 4 is 34.7 Å². The van der Waals surface area contributed by atoms with E-state index < -0.39 is 45.9 Å². The lowest BCUT2D eigenvalue weighted by molar-refractivity contribution is -0.384. The molecule has 11 heteroatoms. The van der Waals surface area contributed by atoms with Crippen LogP contribution in [0.25, 0.3) is 10.9 Å². The van der Waals surface area contributed by atoms with Crippen molar-refractivity contribution in [2.75, 3.05) is 0 Å². The summed E-state index contributed by atoms with van der Waals surface area (Å²) in [6, 6.07) is 2.79. The molecule has 0 radical (unpaired) electrons. The molecule has 0 aliphatic heterocycles. The van der Waals surface area contributed by atoms with E-state index >= 15 is 0 Å². The third kappa shape index (κ3) is 7.96. The van der Waals surface area contributed by atoms with Crippen molar-refractivity contribution in [1.82, 2.24) is 9.88 Å². The minimum absolute atomic E-state index is 0.108. The first-order chi connectivity index (χ1) is 16.3. The summed E-state index contributed by atoms with van der Waals surface area (Å²) in [5.74, 6) is -0.838. The van der Waals surface area contributed by atoms with E-state index in [0.29, 0.717) is 21.4 Å². The van der Waals surface area contributed by atoms with Gasteiger partial charge in [0.1, 0.15) is 22.8 Å². The molecule has 0 fully saturated rings. The minimum Gasteiger partial charge on any atom is -0.458 e. The fraction of sp³-hybridized carbons (Fsp3) is 0.560. The van der Waals surface area contributed by atoms with Gasteiger partial charge in [-0.3, -0.25) is 10.1 Å². The van der Waals surface area contributed by atoms with Crippen LogP contribution in [0.15, 0.2) is 24.4 Å². The van der Waals surface area contributed by atoms with Crippen LogP contribution in [0.5, 0.6) is 0 Å². The van der Waals surface area contributed by atoms with Crippen LogP contribution in [0.3, 0.4) is 0 Å². The second-order valence-electron chi connectivity index (χ2n) is 11.4. The lowest BCUT2D eigenvalue weighted by Crippen LogP contribution is -2.54. The summed E-state index contributed by atoms with van der Waals surface area (Å²) >= 11 is 0. The number of H-pyrrole nitrogens is 1. The van der Waals surface area contributed by atoms with Gasteiger partial charge in [0, 0.05) is 30.1 Å². The topological polar surface area (TPSA) is 141 Å². The Kier molecular flexibility index (Phi) is 8.07. The Morgan fingerprint density at radius 3 is 1.86 bits per heavy atom. The van der Waals surface area contributed by atoms with Crippen LogP contribution >= 0.6 is 0 Å². The molecule has 1 aromatic carbocycles. The van der Waals surface area contributed by atoms with Gasteiger partial charge in [-0.05, 0) is 73.9 Å². The van der Waals surface area contributed by atoms with Gasteiger partial charge in [-0.15, -0.1) is 0 Å². The van der Waals surface area contributed by atoms with Crippen molar-refractivity contribution in [3.05, 3.63) is 40.1 Å². The zero-order chi connectivity index (χ0) is 27.6. The molecule has 1 aromatic heterocycles. The normalized spacial score (nSPS) is 13.1. The Bertz CT molecular complexity index is 1120. The van der Waals surface area contributed by atoms with Crippen molar-refractivity contribution in [3.63, 3.8) is 0 Å². The number of non-ortho nitro benzene ring substituents is 1. The average molecular weight is 506 g/mol. The van der Waals surface area contributed by atoms with Gasteiger partial charge in [-0.25, -0.2) is 14.4 Å². The van der Waals surface area contributed by atoms with Crippen LogP contribution in [-0.2, 0) is 25.4 Å². The van der Waals surface area contributed by atoms with Gasteiger partial charge in [0.05, 0.1) is 10.4 Å². The number of hydrogen-bond acceptors (Lipinski definition) is 8. The molecule has 0 unspecified atom stereocenters. The summed E-state index contributed by atoms with van der Waals surface area (Å²) in [5, 5.41) is 11.7. The molecule has 2 rings (SSSR count). The van der Waals surface area contributed by atoms with Gasteiger partial charge in [0.15, 0.2) is 0 Å². The first-order valence-electron chi connectivity index (χ1n) is 11.5. The van der Waals surface area contributed by atoms with Gasteiger partial charge in [-0.1, -0.05) is 0 Å². The molecule has 1 atom stereocenters. The number of hydrogen-bond donors (Lipinski definition) is 1. The summed E-state index contributed by atoms with van der Waals surface area (Å²) in [6.07, 6.45) is -0.717. The molecule has 1 heterocycles. The fourth-order valence-corrected chi connectivity index (χ4v) is 3.27. The van der Waals surface area contributed by atoms with Gasteiger partial charge in [0.2, 0.25) is 0 Å². The van der Waals surface area contributed by atoms with Crippen LogP contribution < -0.4 is 0 Å². The van der Waals surface area contributed by atoms with Crippen LogP contribution in [-0.4, -0.2) is 55.8 Å². The number of aromatic amines is 1. The van der Waals surface area contributed by atoms with Crippen molar-refractivity contribution < 1.29 is 33.5 Å². The molecular weight excluding hydrogens is 470 g/mol. The van der Waals surface area contributed by atoms with E-state index in [1.807, 2.05) is 0 Å². The number of ether oxygens (including phenoxy) is 3. The molecule has 0 saturated heterocycles. The second-order valence-corrected chi connectivity index (χ2v) is 11.4. The predicted molar refractivity (Wildman–Crippen MR) is 133 cm³/mol. The highest BCUT2D eigenvalue weighted by atomic mass is 16.6. The Morgan fingerprint density at radius 1 is 0.917 bits per heavy atom. The number of carbonyl (C=O) groups excluding carboxylic acids is 3. The molecule has 0 aliphatic rings. The smallest absolute Gasteiger partial charge is 0.420 e. The highest BCUT2D eigenvalue weighted by Crippen LogP contribution is 2.27. The highest BCUT2D eigenvalue weighted by molar-refractivity contribution is 5.95. The largest absolute Gasteiger partial charge is 0.458 e.